The van der Waals surface area contributed by atoms with Crippen molar-refractivity contribution in [1.29, 1.82) is 0 Å². The van der Waals surface area contributed by atoms with Crippen LogP contribution in [-0.4, -0.2) is 59.7 Å². The maximum Gasteiger partial charge on any atom is 0.254 e. The monoisotopic (exact) mass is 447 g/mol. The molecule has 4 rings (SSSR count). The first kappa shape index (κ1) is 23.0. The molecule has 1 unspecified atom stereocenters. The summed E-state index contributed by atoms with van der Waals surface area (Å²) in [7, 11) is 0. The molecule has 0 aliphatic carbocycles. The van der Waals surface area contributed by atoms with Gasteiger partial charge in [-0.1, -0.05) is 35.9 Å². The van der Waals surface area contributed by atoms with Gasteiger partial charge in [-0.05, 0) is 69.2 Å². The third-order valence-corrected chi connectivity index (χ3v) is 6.92. The van der Waals surface area contributed by atoms with E-state index in [0.717, 1.165) is 42.6 Å². The molecule has 0 saturated carbocycles. The first-order valence-corrected chi connectivity index (χ1v) is 12.0. The van der Waals surface area contributed by atoms with E-state index in [1.807, 2.05) is 66.1 Å². The number of carbonyl (C=O) groups excluding carboxylic acids is 3. The van der Waals surface area contributed by atoms with Crippen LogP contribution in [-0.2, 0) is 4.79 Å². The van der Waals surface area contributed by atoms with Crippen LogP contribution >= 0.6 is 0 Å². The summed E-state index contributed by atoms with van der Waals surface area (Å²) in [5, 5.41) is 3.06. The molecule has 2 heterocycles. The standard InChI is InChI=1S/C27H33N3O3/c1-19-8-7-10-22(18-19)25(31)28-24(27(33)29-14-5-6-15-29)21-12-16-30(17-13-21)26(32)23-11-4-3-9-20(23)2/h3-4,7-11,18,21,24H,5-6,12-17H2,1-2H3,(H,28,31). The van der Waals surface area contributed by atoms with Gasteiger partial charge in [-0.25, -0.2) is 0 Å². The Bertz CT molecular complexity index is 1020. The number of aryl methyl sites for hydroxylation is 2. The molecule has 6 nitrogen and oxygen atoms in total. The number of hydrogen-bond acceptors (Lipinski definition) is 3. The van der Waals surface area contributed by atoms with Crippen LogP contribution in [0.4, 0.5) is 0 Å². The Morgan fingerprint density at radius 3 is 2.24 bits per heavy atom. The van der Waals surface area contributed by atoms with Gasteiger partial charge < -0.3 is 15.1 Å². The lowest BCUT2D eigenvalue weighted by Crippen LogP contribution is -2.54. The Labute approximate surface area is 196 Å². The summed E-state index contributed by atoms with van der Waals surface area (Å²) in [4.78, 5) is 43.2. The van der Waals surface area contributed by atoms with Crippen molar-refractivity contribution >= 4 is 17.7 Å². The van der Waals surface area contributed by atoms with Crippen LogP contribution in [0.25, 0.3) is 0 Å². The fourth-order valence-electron chi connectivity index (χ4n) is 4.95. The van der Waals surface area contributed by atoms with Gasteiger partial charge in [0.2, 0.25) is 5.91 Å². The molecule has 2 saturated heterocycles. The fraction of sp³-hybridized carbons (Fsp3) is 0.444. The van der Waals surface area contributed by atoms with Gasteiger partial charge in [0.05, 0.1) is 0 Å². The zero-order valence-electron chi connectivity index (χ0n) is 19.5. The summed E-state index contributed by atoms with van der Waals surface area (Å²) in [5.41, 5.74) is 3.28. The zero-order valence-corrected chi connectivity index (χ0v) is 19.5. The van der Waals surface area contributed by atoms with E-state index in [-0.39, 0.29) is 23.6 Å². The van der Waals surface area contributed by atoms with E-state index < -0.39 is 6.04 Å². The van der Waals surface area contributed by atoms with Crippen molar-refractivity contribution in [3.8, 4) is 0 Å². The van der Waals surface area contributed by atoms with Gasteiger partial charge >= 0.3 is 0 Å². The number of nitrogens with one attached hydrogen (secondary N) is 1. The molecule has 0 aromatic heterocycles. The minimum absolute atomic E-state index is 0.00720. The van der Waals surface area contributed by atoms with Crippen LogP contribution < -0.4 is 5.32 Å². The molecule has 174 valence electrons. The molecule has 6 heteroatoms. The van der Waals surface area contributed by atoms with Crippen molar-refractivity contribution in [2.24, 2.45) is 5.92 Å². The Morgan fingerprint density at radius 1 is 0.879 bits per heavy atom. The quantitative estimate of drug-likeness (QED) is 0.762. The Hall–Kier alpha value is -3.15. The number of benzene rings is 2. The molecule has 0 spiro atoms. The second kappa shape index (κ2) is 10.2. The van der Waals surface area contributed by atoms with Gasteiger partial charge in [-0.3, -0.25) is 14.4 Å². The van der Waals surface area contributed by atoms with Gasteiger partial charge in [-0.2, -0.15) is 0 Å². The summed E-state index contributed by atoms with van der Waals surface area (Å²) in [6, 6.07) is 14.5. The lowest BCUT2D eigenvalue weighted by Gasteiger charge is -2.37. The predicted octanol–water partition coefficient (Wildman–Crippen LogP) is 3.58. The van der Waals surface area contributed by atoms with E-state index in [1.165, 1.54) is 0 Å². The molecular weight excluding hydrogens is 414 g/mol. The minimum atomic E-state index is -0.563. The van der Waals surface area contributed by atoms with Crippen LogP contribution in [0, 0.1) is 19.8 Å². The lowest BCUT2D eigenvalue weighted by atomic mass is 9.87. The normalized spacial score (nSPS) is 17.6. The van der Waals surface area contributed by atoms with Crippen LogP contribution in [0.5, 0.6) is 0 Å². The van der Waals surface area contributed by atoms with E-state index in [9.17, 15) is 14.4 Å². The highest BCUT2D eigenvalue weighted by Gasteiger charge is 2.37. The van der Waals surface area contributed by atoms with E-state index in [0.29, 0.717) is 31.5 Å². The van der Waals surface area contributed by atoms with Crippen molar-refractivity contribution < 1.29 is 14.4 Å². The second-order valence-corrected chi connectivity index (χ2v) is 9.30. The molecule has 2 aromatic rings. The Kier molecular flexibility index (Phi) is 7.11. The number of nitrogens with zero attached hydrogens (tertiary/aromatic N) is 2. The van der Waals surface area contributed by atoms with Gasteiger partial charge in [0.25, 0.3) is 11.8 Å². The van der Waals surface area contributed by atoms with Crippen LogP contribution in [0.15, 0.2) is 48.5 Å². The molecular formula is C27H33N3O3. The summed E-state index contributed by atoms with van der Waals surface area (Å²) in [6.07, 6.45) is 3.40. The van der Waals surface area contributed by atoms with E-state index in [2.05, 4.69) is 5.32 Å². The van der Waals surface area contributed by atoms with Crippen molar-refractivity contribution in [1.82, 2.24) is 15.1 Å². The summed E-state index contributed by atoms with van der Waals surface area (Å²) in [5.74, 6) is -0.155. The molecule has 2 fully saturated rings. The van der Waals surface area contributed by atoms with Gasteiger partial charge in [0.15, 0.2) is 0 Å². The van der Waals surface area contributed by atoms with E-state index >= 15 is 0 Å². The van der Waals surface area contributed by atoms with Crippen LogP contribution in [0.3, 0.4) is 0 Å². The molecule has 0 bridgehead atoms. The Balaban J connectivity index is 1.47. The highest BCUT2D eigenvalue weighted by molar-refractivity contribution is 5.98. The molecule has 33 heavy (non-hydrogen) atoms. The zero-order chi connectivity index (χ0) is 23.4. The molecule has 2 aliphatic heterocycles. The molecule has 2 aromatic carbocycles. The molecule has 2 aliphatic rings. The second-order valence-electron chi connectivity index (χ2n) is 9.30. The average Bonchev–Trinajstić information content (AvgIpc) is 3.37. The lowest BCUT2D eigenvalue weighted by molar-refractivity contribution is -0.134. The topological polar surface area (TPSA) is 69.7 Å². The maximum atomic E-state index is 13.4. The maximum absolute atomic E-state index is 13.4. The van der Waals surface area contributed by atoms with Gasteiger partial charge in [0, 0.05) is 37.3 Å². The minimum Gasteiger partial charge on any atom is -0.341 e. The predicted molar refractivity (Wildman–Crippen MR) is 128 cm³/mol. The number of likely N-dealkylation sites (tertiary alicyclic amines) is 2. The van der Waals surface area contributed by atoms with E-state index in [1.54, 1.807) is 6.07 Å². The molecule has 3 amide bonds. The van der Waals surface area contributed by atoms with E-state index in [4.69, 9.17) is 0 Å². The largest absolute Gasteiger partial charge is 0.341 e. The number of rotatable bonds is 5. The average molecular weight is 448 g/mol. The number of hydrogen-bond donors (Lipinski definition) is 1. The third-order valence-electron chi connectivity index (χ3n) is 6.92. The molecule has 0 radical (unpaired) electrons. The number of piperidine rings is 1. The molecule has 1 N–H and O–H groups in total. The highest BCUT2D eigenvalue weighted by atomic mass is 16.2. The van der Waals surface area contributed by atoms with Crippen molar-refractivity contribution in [2.45, 2.75) is 45.6 Å². The van der Waals surface area contributed by atoms with Gasteiger partial charge in [0.1, 0.15) is 6.04 Å². The van der Waals surface area contributed by atoms with Crippen molar-refractivity contribution in [3.63, 3.8) is 0 Å². The highest BCUT2D eigenvalue weighted by Crippen LogP contribution is 2.25. The number of amides is 3. The third kappa shape index (κ3) is 5.27. The van der Waals surface area contributed by atoms with Crippen LogP contribution in [0.1, 0.15) is 57.5 Å². The fourth-order valence-corrected chi connectivity index (χ4v) is 4.95. The first-order chi connectivity index (χ1) is 15.9. The van der Waals surface area contributed by atoms with Crippen molar-refractivity contribution in [2.75, 3.05) is 26.2 Å². The summed E-state index contributed by atoms with van der Waals surface area (Å²) in [6.45, 7) is 6.57. The summed E-state index contributed by atoms with van der Waals surface area (Å²) < 4.78 is 0. The van der Waals surface area contributed by atoms with Gasteiger partial charge in [-0.15, -0.1) is 0 Å². The van der Waals surface area contributed by atoms with Crippen molar-refractivity contribution in [3.05, 3.63) is 70.8 Å². The number of carbonyl (C=O) groups is 3. The summed E-state index contributed by atoms with van der Waals surface area (Å²) >= 11 is 0. The molecule has 1 atom stereocenters. The smallest absolute Gasteiger partial charge is 0.254 e. The SMILES string of the molecule is Cc1cccc(C(=O)NC(C(=O)N2CCCC2)C2CCN(C(=O)c3ccccc3C)CC2)c1. The Morgan fingerprint density at radius 2 is 1.58 bits per heavy atom. The first-order valence-electron chi connectivity index (χ1n) is 12.0. The van der Waals surface area contributed by atoms with Crippen LogP contribution in [0.2, 0.25) is 0 Å².